The van der Waals surface area contributed by atoms with Gasteiger partial charge in [0.1, 0.15) is 23.3 Å². The summed E-state index contributed by atoms with van der Waals surface area (Å²) in [6, 6.07) is 6.12. The molecule has 0 saturated carbocycles. The van der Waals surface area contributed by atoms with Crippen LogP contribution in [0.5, 0.6) is 0 Å². The second-order valence-electron chi connectivity index (χ2n) is 8.12. The van der Waals surface area contributed by atoms with Crippen LogP contribution < -0.4 is 5.32 Å². The predicted octanol–water partition coefficient (Wildman–Crippen LogP) is 4.40. The first-order chi connectivity index (χ1) is 12.7. The van der Waals surface area contributed by atoms with Crippen LogP contribution in [-0.4, -0.2) is 24.5 Å². The third kappa shape index (κ3) is 4.51. The number of rotatable bonds is 5. The monoisotopic (exact) mass is 364 g/mol. The quantitative estimate of drug-likeness (QED) is 0.727. The molecule has 0 fully saturated rings. The summed E-state index contributed by atoms with van der Waals surface area (Å²) in [7, 11) is 0. The number of hydrogen-bond donors (Lipinski definition) is 1. The summed E-state index contributed by atoms with van der Waals surface area (Å²) in [5.41, 5.74) is 2.13. The van der Waals surface area contributed by atoms with Gasteiger partial charge in [0.05, 0.1) is 5.69 Å². The molecule has 0 aliphatic heterocycles. The maximum atomic E-state index is 4.74. The topological polar surface area (TPSA) is 68.5 Å². The van der Waals surface area contributed by atoms with Crippen molar-refractivity contribution in [2.24, 2.45) is 0 Å². The third-order valence-corrected chi connectivity index (χ3v) is 4.38. The zero-order valence-electron chi connectivity index (χ0n) is 17.0. The normalized spacial score (nSPS) is 11.8. The fourth-order valence-electron chi connectivity index (χ4n) is 2.68. The van der Waals surface area contributed by atoms with E-state index in [2.05, 4.69) is 61.0 Å². The standard InChI is InChI=1S/C21H28N6/c1-14(2)20-25-17(21(4,5)6)11-18(26-20)23-12-16-7-8-19(24-13-16)27-10-9-22-15(27)3/h7-11,13-14H,12H2,1-6H3,(H,23,25,26). The van der Waals surface area contributed by atoms with Crippen molar-refractivity contribution in [1.82, 2.24) is 24.5 Å². The van der Waals surface area contributed by atoms with E-state index in [1.165, 1.54) is 0 Å². The molecule has 0 bridgehead atoms. The minimum absolute atomic E-state index is 0.0190. The van der Waals surface area contributed by atoms with Gasteiger partial charge in [0.2, 0.25) is 0 Å². The van der Waals surface area contributed by atoms with Crippen molar-refractivity contribution in [2.45, 2.75) is 59.4 Å². The predicted molar refractivity (Wildman–Crippen MR) is 108 cm³/mol. The van der Waals surface area contributed by atoms with E-state index in [1.54, 1.807) is 6.20 Å². The summed E-state index contributed by atoms with van der Waals surface area (Å²) in [6.45, 7) is 13.4. The van der Waals surface area contributed by atoms with E-state index < -0.39 is 0 Å². The van der Waals surface area contributed by atoms with Gasteiger partial charge in [-0.2, -0.15) is 0 Å². The number of imidazole rings is 1. The molecule has 27 heavy (non-hydrogen) atoms. The lowest BCUT2D eigenvalue weighted by Gasteiger charge is -2.20. The van der Waals surface area contributed by atoms with Gasteiger partial charge in [-0.05, 0) is 18.6 Å². The molecule has 142 valence electrons. The first-order valence-corrected chi connectivity index (χ1v) is 9.32. The second kappa shape index (κ2) is 7.47. The van der Waals surface area contributed by atoms with Gasteiger partial charge < -0.3 is 5.32 Å². The van der Waals surface area contributed by atoms with Gasteiger partial charge in [-0.3, -0.25) is 4.57 Å². The lowest BCUT2D eigenvalue weighted by atomic mass is 9.91. The Morgan fingerprint density at radius 3 is 2.44 bits per heavy atom. The lowest BCUT2D eigenvalue weighted by Crippen LogP contribution is -2.17. The zero-order chi connectivity index (χ0) is 19.6. The van der Waals surface area contributed by atoms with Gasteiger partial charge in [-0.25, -0.2) is 19.9 Å². The smallest absolute Gasteiger partial charge is 0.137 e. The van der Waals surface area contributed by atoms with E-state index in [4.69, 9.17) is 4.98 Å². The number of anilines is 1. The summed E-state index contributed by atoms with van der Waals surface area (Å²) in [6.07, 6.45) is 5.58. The minimum atomic E-state index is -0.0190. The van der Waals surface area contributed by atoms with Gasteiger partial charge in [0.25, 0.3) is 0 Å². The molecule has 0 saturated heterocycles. The van der Waals surface area contributed by atoms with Crippen molar-refractivity contribution >= 4 is 5.82 Å². The number of nitrogens with zero attached hydrogens (tertiary/aromatic N) is 5. The fraction of sp³-hybridized carbons (Fsp3) is 0.429. The Morgan fingerprint density at radius 1 is 1.11 bits per heavy atom. The second-order valence-corrected chi connectivity index (χ2v) is 8.12. The highest BCUT2D eigenvalue weighted by molar-refractivity contribution is 5.39. The van der Waals surface area contributed by atoms with Crippen LogP contribution in [0.15, 0.2) is 36.8 Å². The van der Waals surface area contributed by atoms with E-state index in [1.807, 2.05) is 36.0 Å². The van der Waals surface area contributed by atoms with Crippen LogP contribution in [0.3, 0.4) is 0 Å². The molecule has 3 aromatic heterocycles. The van der Waals surface area contributed by atoms with E-state index in [0.717, 1.165) is 34.5 Å². The molecule has 3 heterocycles. The van der Waals surface area contributed by atoms with Crippen LogP contribution in [0.2, 0.25) is 0 Å². The molecule has 0 spiro atoms. The van der Waals surface area contributed by atoms with Crippen molar-refractivity contribution in [2.75, 3.05) is 5.32 Å². The molecule has 0 amide bonds. The highest BCUT2D eigenvalue weighted by atomic mass is 15.1. The number of hydrogen-bond acceptors (Lipinski definition) is 5. The van der Waals surface area contributed by atoms with Gasteiger partial charge >= 0.3 is 0 Å². The van der Waals surface area contributed by atoms with Crippen molar-refractivity contribution in [3.8, 4) is 5.82 Å². The first-order valence-electron chi connectivity index (χ1n) is 9.32. The van der Waals surface area contributed by atoms with E-state index in [9.17, 15) is 0 Å². The van der Waals surface area contributed by atoms with Crippen molar-refractivity contribution in [3.05, 3.63) is 59.7 Å². The van der Waals surface area contributed by atoms with E-state index in [-0.39, 0.29) is 11.3 Å². The highest BCUT2D eigenvalue weighted by Gasteiger charge is 2.19. The summed E-state index contributed by atoms with van der Waals surface area (Å²) >= 11 is 0. The Kier molecular flexibility index (Phi) is 5.26. The molecule has 3 aromatic rings. The Balaban J connectivity index is 1.76. The zero-order valence-corrected chi connectivity index (χ0v) is 17.0. The fourth-order valence-corrected chi connectivity index (χ4v) is 2.68. The first kappa shape index (κ1) is 19.0. The summed E-state index contributed by atoms with van der Waals surface area (Å²) < 4.78 is 1.96. The van der Waals surface area contributed by atoms with Gasteiger partial charge in [0.15, 0.2) is 0 Å². The third-order valence-electron chi connectivity index (χ3n) is 4.38. The average Bonchev–Trinajstić information content (AvgIpc) is 3.05. The molecule has 0 aliphatic carbocycles. The molecular formula is C21H28N6. The van der Waals surface area contributed by atoms with Crippen LogP contribution in [0.4, 0.5) is 5.82 Å². The summed E-state index contributed by atoms with van der Waals surface area (Å²) in [5.74, 6) is 3.80. The number of aryl methyl sites for hydroxylation is 1. The minimum Gasteiger partial charge on any atom is -0.366 e. The average molecular weight is 364 g/mol. The van der Waals surface area contributed by atoms with Gasteiger partial charge in [-0.1, -0.05) is 40.7 Å². The van der Waals surface area contributed by atoms with Crippen molar-refractivity contribution in [1.29, 1.82) is 0 Å². The molecule has 6 nitrogen and oxygen atoms in total. The highest BCUT2D eigenvalue weighted by Crippen LogP contribution is 2.24. The van der Waals surface area contributed by atoms with Crippen LogP contribution >= 0.6 is 0 Å². The molecule has 0 aliphatic rings. The van der Waals surface area contributed by atoms with Crippen LogP contribution in [0, 0.1) is 6.92 Å². The van der Waals surface area contributed by atoms with Gasteiger partial charge in [0, 0.05) is 42.5 Å². The Morgan fingerprint density at radius 2 is 1.89 bits per heavy atom. The molecular weight excluding hydrogens is 336 g/mol. The molecule has 6 heteroatoms. The number of pyridine rings is 1. The Hall–Kier alpha value is -2.76. The SMILES string of the molecule is Cc1nccn1-c1ccc(CNc2cc(C(C)(C)C)nc(C(C)C)n2)cn1. The Bertz CT molecular complexity index is 903. The molecule has 0 unspecified atom stereocenters. The van der Waals surface area contributed by atoms with Crippen LogP contribution in [0.25, 0.3) is 5.82 Å². The van der Waals surface area contributed by atoms with E-state index >= 15 is 0 Å². The van der Waals surface area contributed by atoms with E-state index in [0.29, 0.717) is 6.54 Å². The van der Waals surface area contributed by atoms with Crippen LogP contribution in [0.1, 0.15) is 63.4 Å². The summed E-state index contributed by atoms with van der Waals surface area (Å²) in [5, 5.41) is 3.42. The molecule has 0 radical (unpaired) electrons. The number of aromatic nitrogens is 5. The van der Waals surface area contributed by atoms with Crippen LogP contribution in [-0.2, 0) is 12.0 Å². The molecule has 0 aromatic carbocycles. The maximum Gasteiger partial charge on any atom is 0.137 e. The molecule has 1 N–H and O–H groups in total. The number of nitrogens with one attached hydrogen (secondary N) is 1. The largest absolute Gasteiger partial charge is 0.366 e. The lowest BCUT2D eigenvalue weighted by molar-refractivity contribution is 0.558. The van der Waals surface area contributed by atoms with Gasteiger partial charge in [-0.15, -0.1) is 0 Å². The Labute approximate surface area is 161 Å². The maximum absolute atomic E-state index is 4.74. The van der Waals surface area contributed by atoms with Crippen molar-refractivity contribution in [3.63, 3.8) is 0 Å². The summed E-state index contributed by atoms with van der Waals surface area (Å²) in [4.78, 5) is 18.2. The molecule has 0 atom stereocenters. The molecule has 3 rings (SSSR count). The van der Waals surface area contributed by atoms with Crippen molar-refractivity contribution < 1.29 is 0 Å².